The summed E-state index contributed by atoms with van der Waals surface area (Å²) in [6, 6.07) is 3.66. The highest BCUT2D eigenvalue weighted by atomic mass is 35.5. The Kier molecular flexibility index (Phi) is 5.19. The molecular formula is C11H10Cl2O2S. The Morgan fingerprint density at radius 3 is 2.62 bits per heavy atom. The van der Waals surface area contributed by atoms with Gasteiger partial charge in [0.1, 0.15) is 0 Å². The Hall–Kier alpha value is -0.640. The van der Waals surface area contributed by atoms with Crippen molar-refractivity contribution in [2.75, 3.05) is 13.4 Å². The molecule has 1 rings (SSSR count). The lowest BCUT2D eigenvalue weighted by atomic mass is 10.2. The fourth-order valence-electron chi connectivity index (χ4n) is 1.06. The predicted octanol–water partition coefficient (Wildman–Crippen LogP) is 3.90. The molecule has 0 spiro atoms. The summed E-state index contributed by atoms with van der Waals surface area (Å²) in [5.41, 5.74) is 0.690. The maximum Gasteiger partial charge on any atom is 0.330 e. The van der Waals surface area contributed by atoms with Crippen LogP contribution >= 0.6 is 35.0 Å². The Labute approximate surface area is 109 Å². The molecule has 0 aromatic heterocycles. The van der Waals surface area contributed by atoms with Crippen LogP contribution in [0.3, 0.4) is 0 Å². The average Bonchev–Trinajstić information content (AvgIpc) is 2.30. The lowest BCUT2D eigenvalue weighted by Crippen LogP contribution is -1.93. The van der Waals surface area contributed by atoms with Crippen LogP contribution in [-0.2, 0) is 9.53 Å². The summed E-state index contributed by atoms with van der Waals surface area (Å²) in [6.45, 7) is 0. The van der Waals surface area contributed by atoms with Crippen molar-refractivity contribution in [2.45, 2.75) is 4.90 Å². The van der Waals surface area contributed by atoms with Crippen LogP contribution in [-0.4, -0.2) is 19.3 Å². The molecule has 0 heterocycles. The Morgan fingerprint density at radius 1 is 1.38 bits per heavy atom. The van der Waals surface area contributed by atoms with Crippen molar-refractivity contribution in [3.05, 3.63) is 33.8 Å². The van der Waals surface area contributed by atoms with Gasteiger partial charge in [0.2, 0.25) is 0 Å². The third-order valence-corrected chi connectivity index (χ3v) is 3.69. The molecule has 0 atom stereocenters. The second kappa shape index (κ2) is 6.18. The molecule has 86 valence electrons. The third kappa shape index (κ3) is 3.17. The second-order valence-electron chi connectivity index (χ2n) is 2.84. The number of hydrogen-bond acceptors (Lipinski definition) is 3. The van der Waals surface area contributed by atoms with Gasteiger partial charge in [-0.15, -0.1) is 11.8 Å². The number of benzene rings is 1. The average molecular weight is 277 g/mol. The van der Waals surface area contributed by atoms with E-state index >= 15 is 0 Å². The van der Waals surface area contributed by atoms with E-state index in [0.29, 0.717) is 15.6 Å². The van der Waals surface area contributed by atoms with E-state index in [0.717, 1.165) is 4.90 Å². The minimum Gasteiger partial charge on any atom is -0.466 e. The van der Waals surface area contributed by atoms with E-state index in [1.165, 1.54) is 24.9 Å². The predicted molar refractivity (Wildman–Crippen MR) is 69.3 cm³/mol. The first-order valence-electron chi connectivity index (χ1n) is 4.38. The molecule has 0 fully saturated rings. The maximum atomic E-state index is 10.9. The van der Waals surface area contributed by atoms with Crippen LogP contribution in [0.2, 0.25) is 10.0 Å². The Balaban J connectivity index is 3.03. The van der Waals surface area contributed by atoms with Gasteiger partial charge in [0.25, 0.3) is 0 Å². The SMILES string of the molecule is COC(=O)C=Cc1ccc(SC)c(Cl)c1Cl. The third-order valence-electron chi connectivity index (χ3n) is 1.90. The van der Waals surface area contributed by atoms with Crippen LogP contribution < -0.4 is 0 Å². The van der Waals surface area contributed by atoms with Crippen molar-refractivity contribution in [1.29, 1.82) is 0 Å². The first kappa shape index (κ1) is 13.4. The largest absolute Gasteiger partial charge is 0.466 e. The highest BCUT2D eigenvalue weighted by Crippen LogP contribution is 2.34. The number of carbonyl (C=O) groups is 1. The number of esters is 1. The van der Waals surface area contributed by atoms with Gasteiger partial charge in [-0.3, -0.25) is 0 Å². The van der Waals surface area contributed by atoms with Crippen LogP contribution in [0, 0.1) is 0 Å². The van der Waals surface area contributed by atoms with E-state index in [1.807, 2.05) is 12.3 Å². The summed E-state index contributed by atoms with van der Waals surface area (Å²) < 4.78 is 4.48. The molecule has 16 heavy (non-hydrogen) atoms. The molecule has 0 N–H and O–H groups in total. The van der Waals surface area contributed by atoms with Crippen LogP contribution in [0.4, 0.5) is 0 Å². The summed E-state index contributed by atoms with van der Waals surface area (Å²) in [6.07, 6.45) is 4.79. The van der Waals surface area contributed by atoms with E-state index in [2.05, 4.69) is 4.74 Å². The molecule has 0 amide bonds. The van der Waals surface area contributed by atoms with Crippen molar-refractivity contribution in [3.63, 3.8) is 0 Å². The van der Waals surface area contributed by atoms with E-state index in [4.69, 9.17) is 23.2 Å². The summed E-state index contributed by atoms with van der Waals surface area (Å²) in [5, 5.41) is 0.940. The van der Waals surface area contributed by atoms with Gasteiger partial charge in [-0.25, -0.2) is 4.79 Å². The molecule has 1 aromatic carbocycles. The molecular weight excluding hydrogens is 267 g/mol. The van der Waals surface area contributed by atoms with Crippen LogP contribution in [0.15, 0.2) is 23.1 Å². The van der Waals surface area contributed by atoms with Gasteiger partial charge in [-0.2, -0.15) is 0 Å². The zero-order valence-electron chi connectivity index (χ0n) is 8.79. The molecule has 5 heteroatoms. The van der Waals surface area contributed by atoms with Crippen molar-refractivity contribution in [1.82, 2.24) is 0 Å². The number of rotatable bonds is 3. The van der Waals surface area contributed by atoms with Gasteiger partial charge in [-0.1, -0.05) is 29.3 Å². The fraction of sp³-hybridized carbons (Fsp3) is 0.182. The topological polar surface area (TPSA) is 26.3 Å². The summed E-state index contributed by atoms with van der Waals surface area (Å²) in [7, 11) is 1.32. The highest BCUT2D eigenvalue weighted by Gasteiger charge is 2.07. The zero-order valence-corrected chi connectivity index (χ0v) is 11.1. The van der Waals surface area contributed by atoms with Crippen LogP contribution in [0.1, 0.15) is 5.56 Å². The molecule has 0 aliphatic rings. The fourth-order valence-corrected chi connectivity index (χ4v) is 2.23. The first-order chi connectivity index (χ1) is 7.60. The van der Waals surface area contributed by atoms with E-state index < -0.39 is 5.97 Å². The number of methoxy groups -OCH3 is 1. The smallest absolute Gasteiger partial charge is 0.330 e. The minimum absolute atomic E-state index is 0.430. The van der Waals surface area contributed by atoms with E-state index in [-0.39, 0.29) is 0 Å². The van der Waals surface area contributed by atoms with Crippen molar-refractivity contribution >= 4 is 47.0 Å². The van der Waals surface area contributed by atoms with Gasteiger partial charge in [0.15, 0.2) is 0 Å². The van der Waals surface area contributed by atoms with E-state index in [1.54, 1.807) is 12.1 Å². The van der Waals surface area contributed by atoms with Crippen molar-refractivity contribution in [3.8, 4) is 0 Å². The summed E-state index contributed by atoms with van der Waals surface area (Å²) >= 11 is 13.6. The molecule has 0 radical (unpaired) electrons. The molecule has 1 aromatic rings. The number of thioether (sulfide) groups is 1. The lowest BCUT2D eigenvalue weighted by Gasteiger charge is -2.05. The molecule has 0 bridgehead atoms. The van der Waals surface area contributed by atoms with Crippen molar-refractivity contribution in [2.24, 2.45) is 0 Å². The Morgan fingerprint density at radius 2 is 2.06 bits per heavy atom. The quantitative estimate of drug-likeness (QED) is 0.476. The number of carbonyl (C=O) groups excluding carboxylic acids is 1. The van der Waals surface area contributed by atoms with Crippen LogP contribution in [0.5, 0.6) is 0 Å². The normalized spacial score (nSPS) is 10.8. The molecule has 0 saturated carbocycles. The Bertz CT molecular complexity index is 430. The highest BCUT2D eigenvalue weighted by molar-refractivity contribution is 7.98. The standard InChI is InChI=1S/C11H10Cl2O2S/c1-15-9(14)6-4-7-3-5-8(16-2)11(13)10(7)12/h3-6H,1-2H3. The zero-order chi connectivity index (χ0) is 12.1. The summed E-state index contributed by atoms with van der Waals surface area (Å²) in [4.78, 5) is 11.8. The molecule has 2 nitrogen and oxygen atoms in total. The van der Waals surface area contributed by atoms with Crippen LogP contribution in [0.25, 0.3) is 6.08 Å². The van der Waals surface area contributed by atoms with E-state index in [9.17, 15) is 4.79 Å². The van der Waals surface area contributed by atoms with Gasteiger partial charge in [0, 0.05) is 11.0 Å². The second-order valence-corrected chi connectivity index (χ2v) is 4.45. The molecule has 0 aliphatic carbocycles. The van der Waals surface area contributed by atoms with Gasteiger partial charge in [-0.05, 0) is 24.0 Å². The lowest BCUT2D eigenvalue weighted by molar-refractivity contribution is -0.134. The van der Waals surface area contributed by atoms with Gasteiger partial charge < -0.3 is 4.74 Å². The van der Waals surface area contributed by atoms with Gasteiger partial charge >= 0.3 is 5.97 Å². The number of halogens is 2. The number of ether oxygens (including phenoxy) is 1. The minimum atomic E-state index is -0.430. The maximum absolute atomic E-state index is 10.9. The first-order valence-corrected chi connectivity index (χ1v) is 6.36. The number of hydrogen-bond donors (Lipinski definition) is 0. The van der Waals surface area contributed by atoms with Gasteiger partial charge in [0.05, 0.1) is 17.2 Å². The molecule has 0 unspecified atom stereocenters. The molecule has 0 aliphatic heterocycles. The summed E-state index contributed by atoms with van der Waals surface area (Å²) in [5.74, 6) is -0.430. The molecule has 0 saturated heterocycles. The monoisotopic (exact) mass is 276 g/mol. The van der Waals surface area contributed by atoms with Crippen molar-refractivity contribution < 1.29 is 9.53 Å².